The van der Waals surface area contributed by atoms with Crippen LogP contribution in [0.25, 0.3) is 22.0 Å². The minimum absolute atomic E-state index is 0.652. The van der Waals surface area contributed by atoms with E-state index in [-0.39, 0.29) is 0 Å². The molecule has 0 aliphatic rings. The van der Waals surface area contributed by atoms with Crippen molar-refractivity contribution in [1.82, 2.24) is 4.98 Å². The molecular weight excluding hydrogens is 314 g/mol. The first kappa shape index (κ1) is 18.6. The van der Waals surface area contributed by atoms with Crippen molar-refractivity contribution in [2.75, 3.05) is 0 Å². The summed E-state index contributed by atoms with van der Waals surface area (Å²) in [4.78, 5) is 4.77. The molecule has 0 saturated carbocycles. The van der Waals surface area contributed by atoms with E-state index >= 15 is 0 Å². The molecule has 0 fully saturated rings. The van der Waals surface area contributed by atoms with E-state index < -0.39 is 0 Å². The second kappa shape index (κ2) is 7.61. The van der Waals surface area contributed by atoms with Crippen molar-refractivity contribution in [3.8, 4) is 11.3 Å². The van der Waals surface area contributed by atoms with Crippen LogP contribution in [0.2, 0.25) is 0 Å². The molecule has 0 bridgehead atoms. The lowest BCUT2D eigenvalue weighted by Crippen LogP contribution is -2.04. The third-order valence-corrected chi connectivity index (χ3v) is 4.84. The Morgan fingerprint density at radius 3 is 1.92 bits per heavy atom. The van der Waals surface area contributed by atoms with Crippen LogP contribution in [0.15, 0.2) is 42.6 Å². The van der Waals surface area contributed by atoms with Crippen molar-refractivity contribution in [3.63, 3.8) is 0 Å². The summed E-state index contributed by atoms with van der Waals surface area (Å²) in [7, 11) is 0. The first-order chi connectivity index (χ1) is 12.3. The first-order valence-corrected chi connectivity index (χ1v) is 9.82. The predicted molar refractivity (Wildman–Crippen MR) is 114 cm³/mol. The highest BCUT2D eigenvalue weighted by molar-refractivity contribution is 5.95. The molecule has 0 unspecified atom stereocenters. The lowest BCUT2D eigenvalue weighted by molar-refractivity contribution is 0.616. The van der Waals surface area contributed by atoms with Gasteiger partial charge in [0.15, 0.2) is 0 Å². The topological polar surface area (TPSA) is 12.9 Å². The quantitative estimate of drug-likeness (QED) is 0.489. The molecule has 3 aromatic rings. The molecule has 1 heteroatoms. The summed E-state index contributed by atoms with van der Waals surface area (Å²) in [5, 5.41) is 2.58. The molecule has 0 saturated heterocycles. The highest BCUT2D eigenvalue weighted by Crippen LogP contribution is 2.31. The fraction of sp³-hybridized carbons (Fsp3) is 0.400. The van der Waals surface area contributed by atoms with Gasteiger partial charge < -0.3 is 0 Å². The Labute approximate surface area is 158 Å². The number of fused-ring (bicyclic) bond motifs is 1. The number of rotatable bonds is 5. The van der Waals surface area contributed by atoms with E-state index in [4.69, 9.17) is 4.98 Å². The van der Waals surface area contributed by atoms with E-state index in [2.05, 4.69) is 77.9 Å². The number of aryl methyl sites for hydroxylation is 2. The Morgan fingerprint density at radius 1 is 0.769 bits per heavy atom. The van der Waals surface area contributed by atoms with Gasteiger partial charge in [-0.3, -0.25) is 4.98 Å². The number of pyridine rings is 1. The van der Waals surface area contributed by atoms with Crippen LogP contribution in [-0.4, -0.2) is 4.98 Å². The minimum atomic E-state index is 0.652. The molecule has 2 aromatic carbocycles. The molecule has 0 aliphatic heterocycles. The molecule has 0 N–H and O–H groups in total. The van der Waals surface area contributed by atoms with Gasteiger partial charge in [0.05, 0.1) is 5.69 Å². The van der Waals surface area contributed by atoms with Crippen LogP contribution in [0.5, 0.6) is 0 Å². The Morgan fingerprint density at radius 2 is 1.35 bits per heavy atom. The SMILES string of the molecule is Cc1cc(C)cc(-c2nccc3cc(CC(C)C)c(CC(C)C)cc23)c1. The van der Waals surface area contributed by atoms with Crippen LogP contribution in [0.1, 0.15) is 49.9 Å². The zero-order chi connectivity index (χ0) is 18.8. The highest BCUT2D eigenvalue weighted by atomic mass is 14.7. The van der Waals surface area contributed by atoms with Gasteiger partial charge in [0.1, 0.15) is 0 Å². The van der Waals surface area contributed by atoms with Crippen molar-refractivity contribution < 1.29 is 0 Å². The Balaban J connectivity index is 2.22. The van der Waals surface area contributed by atoms with Crippen LogP contribution < -0.4 is 0 Å². The van der Waals surface area contributed by atoms with Gasteiger partial charge >= 0.3 is 0 Å². The van der Waals surface area contributed by atoms with Gasteiger partial charge in [0.25, 0.3) is 0 Å². The Hall–Kier alpha value is -2.15. The molecule has 1 heterocycles. The lowest BCUT2D eigenvalue weighted by Gasteiger charge is -2.17. The molecule has 0 atom stereocenters. The summed E-state index contributed by atoms with van der Waals surface area (Å²) in [5.74, 6) is 1.32. The van der Waals surface area contributed by atoms with Crippen molar-refractivity contribution >= 4 is 10.8 Å². The van der Waals surface area contributed by atoms with Gasteiger partial charge in [0.2, 0.25) is 0 Å². The van der Waals surface area contributed by atoms with E-state index in [0.717, 1.165) is 18.5 Å². The summed E-state index contributed by atoms with van der Waals surface area (Å²) in [6.07, 6.45) is 4.22. The molecule has 26 heavy (non-hydrogen) atoms. The van der Waals surface area contributed by atoms with Gasteiger partial charge in [-0.1, -0.05) is 51.0 Å². The number of benzene rings is 2. The van der Waals surface area contributed by atoms with E-state index in [9.17, 15) is 0 Å². The summed E-state index contributed by atoms with van der Waals surface area (Å²) in [6, 6.07) is 13.7. The standard InChI is InChI=1S/C25H31N/c1-16(2)9-21-14-20-7-8-26-25(23-12-18(5)11-19(6)13-23)24(20)15-22(21)10-17(3)4/h7-8,11-17H,9-10H2,1-6H3. The number of hydrogen-bond acceptors (Lipinski definition) is 1. The average Bonchev–Trinajstić information content (AvgIpc) is 2.53. The van der Waals surface area contributed by atoms with Gasteiger partial charge in [-0.15, -0.1) is 0 Å². The zero-order valence-corrected chi connectivity index (χ0v) is 17.1. The Kier molecular flexibility index (Phi) is 5.46. The van der Waals surface area contributed by atoms with Gasteiger partial charge in [-0.25, -0.2) is 0 Å². The molecule has 0 radical (unpaired) electrons. The maximum atomic E-state index is 4.77. The fourth-order valence-corrected chi connectivity index (χ4v) is 3.91. The fourth-order valence-electron chi connectivity index (χ4n) is 3.91. The van der Waals surface area contributed by atoms with Crippen LogP contribution >= 0.6 is 0 Å². The molecular formula is C25H31N. The molecule has 3 rings (SSSR count). The Bertz CT molecular complexity index is 899. The number of nitrogens with zero attached hydrogens (tertiary/aromatic N) is 1. The molecule has 0 amide bonds. The number of aromatic nitrogens is 1. The van der Waals surface area contributed by atoms with Crippen molar-refractivity contribution in [1.29, 1.82) is 0 Å². The molecule has 136 valence electrons. The van der Waals surface area contributed by atoms with Crippen molar-refractivity contribution in [2.45, 2.75) is 54.4 Å². The summed E-state index contributed by atoms with van der Waals surface area (Å²) >= 11 is 0. The largest absolute Gasteiger partial charge is 0.256 e. The minimum Gasteiger partial charge on any atom is -0.256 e. The molecule has 0 spiro atoms. The molecule has 0 aliphatic carbocycles. The molecule has 1 nitrogen and oxygen atoms in total. The van der Waals surface area contributed by atoms with Gasteiger partial charge in [-0.05, 0) is 79.3 Å². The third kappa shape index (κ3) is 4.15. The van der Waals surface area contributed by atoms with E-state index in [1.807, 2.05) is 6.20 Å². The van der Waals surface area contributed by atoms with Gasteiger partial charge in [0, 0.05) is 17.1 Å². The van der Waals surface area contributed by atoms with Crippen molar-refractivity contribution in [2.24, 2.45) is 11.8 Å². The number of hydrogen-bond donors (Lipinski definition) is 0. The van der Waals surface area contributed by atoms with E-state index in [1.165, 1.54) is 38.6 Å². The maximum Gasteiger partial charge on any atom is 0.0780 e. The predicted octanol–water partition coefficient (Wildman–Crippen LogP) is 6.92. The third-order valence-electron chi connectivity index (χ3n) is 4.84. The normalized spacial score (nSPS) is 11.7. The van der Waals surface area contributed by atoms with Crippen LogP contribution in [0.3, 0.4) is 0 Å². The summed E-state index contributed by atoms with van der Waals surface area (Å²) < 4.78 is 0. The molecule has 1 aromatic heterocycles. The lowest BCUT2D eigenvalue weighted by atomic mass is 9.89. The van der Waals surface area contributed by atoms with Crippen LogP contribution in [0, 0.1) is 25.7 Å². The zero-order valence-electron chi connectivity index (χ0n) is 17.1. The van der Waals surface area contributed by atoms with E-state index in [0.29, 0.717) is 11.8 Å². The second-order valence-electron chi connectivity index (χ2n) is 8.57. The van der Waals surface area contributed by atoms with Crippen LogP contribution in [0.4, 0.5) is 0 Å². The monoisotopic (exact) mass is 345 g/mol. The van der Waals surface area contributed by atoms with E-state index in [1.54, 1.807) is 0 Å². The highest BCUT2D eigenvalue weighted by Gasteiger charge is 2.13. The van der Waals surface area contributed by atoms with Gasteiger partial charge in [-0.2, -0.15) is 0 Å². The first-order valence-electron chi connectivity index (χ1n) is 9.82. The second-order valence-corrected chi connectivity index (χ2v) is 8.57. The average molecular weight is 346 g/mol. The smallest absolute Gasteiger partial charge is 0.0780 e. The van der Waals surface area contributed by atoms with Crippen LogP contribution in [-0.2, 0) is 12.8 Å². The van der Waals surface area contributed by atoms with Crippen molar-refractivity contribution in [3.05, 3.63) is 64.8 Å². The maximum absolute atomic E-state index is 4.77. The summed E-state index contributed by atoms with van der Waals surface area (Å²) in [5.41, 5.74) is 7.89. The summed E-state index contributed by atoms with van der Waals surface area (Å²) in [6.45, 7) is 13.5.